The predicted octanol–water partition coefficient (Wildman–Crippen LogP) is 2.86. The number of nitrogens with zero attached hydrogens (tertiary/aromatic N) is 4. The van der Waals surface area contributed by atoms with Gasteiger partial charge in [-0.05, 0) is 55.0 Å². The SMILES string of the molecule is C=S1(=O)C[C@@](C)(c2cc(-c3nnc(C4Cc5ccccc5C4)o3)ccc2F)N=C(N)N1C. The van der Waals surface area contributed by atoms with E-state index in [1.54, 1.807) is 26.1 Å². The van der Waals surface area contributed by atoms with Crippen LogP contribution in [-0.2, 0) is 28.1 Å². The zero-order valence-electron chi connectivity index (χ0n) is 17.9. The summed E-state index contributed by atoms with van der Waals surface area (Å²) in [5.74, 6) is 4.40. The molecular weight excluding hydrogens is 429 g/mol. The van der Waals surface area contributed by atoms with Crippen LogP contribution in [0.5, 0.6) is 0 Å². The van der Waals surface area contributed by atoms with Gasteiger partial charge in [0.15, 0.2) is 0 Å². The van der Waals surface area contributed by atoms with Crippen LogP contribution in [0, 0.1) is 5.82 Å². The van der Waals surface area contributed by atoms with Gasteiger partial charge in [-0.3, -0.25) is 4.31 Å². The maximum atomic E-state index is 14.9. The molecule has 2 N–H and O–H groups in total. The Morgan fingerprint density at radius 1 is 1.22 bits per heavy atom. The molecule has 2 heterocycles. The van der Waals surface area contributed by atoms with Crippen LogP contribution in [0.2, 0.25) is 0 Å². The molecule has 0 spiro atoms. The lowest BCUT2D eigenvalue weighted by molar-refractivity contribution is 0.459. The molecule has 2 atom stereocenters. The highest BCUT2D eigenvalue weighted by Crippen LogP contribution is 2.37. The van der Waals surface area contributed by atoms with Gasteiger partial charge in [-0.15, -0.1) is 10.2 Å². The number of hydrogen-bond acceptors (Lipinski definition) is 6. The molecule has 2 aromatic carbocycles. The van der Waals surface area contributed by atoms with Crippen LogP contribution in [0.1, 0.15) is 35.4 Å². The topological polar surface area (TPSA) is 97.6 Å². The fourth-order valence-corrected chi connectivity index (χ4v) is 6.19. The van der Waals surface area contributed by atoms with Crippen LogP contribution in [0.25, 0.3) is 11.5 Å². The molecule has 0 fully saturated rings. The normalized spacial score (nSPS) is 25.6. The minimum atomic E-state index is -2.73. The molecular formula is C23H24FN5O2S. The van der Waals surface area contributed by atoms with Crippen LogP contribution >= 0.6 is 0 Å². The van der Waals surface area contributed by atoms with Gasteiger partial charge in [-0.1, -0.05) is 24.3 Å². The largest absolute Gasteiger partial charge is 0.420 e. The Hall–Kier alpha value is -3.20. The molecule has 7 nitrogen and oxygen atoms in total. The summed E-state index contributed by atoms with van der Waals surface area (Å²) in [5, 5.41) is 8.48. The number of guanidine groups is 1. The summed E-state index contributed by atoms with van der Waals surface area (Å²) >= 11 is 0. The summed E-state index contributed by atoms with van der Waals surface area (Å²) in [5.41, 5.74) is 8.25. The van der Waals surface area contributed by atoms with E-state index in [4.69, 9.17) is 10.2 Å². The number of halogens is 1. The van der Waals surface area contributed by atoms with Crippen molar-refractivity contribution in [2.75, 3.05) is 12.8 Å². The summed E-state index contributed by atoms with van der Waals surface area (Å²) in [7, 11) is -1.16. The number of aliphatic imine (C=N–C) groups is 1. The summed E-state index contributed by atoms with van der Waals surface area (Å²) in [6.07, 6.45) is 1.70. The monoisotopic (exact) mass is 453 g/mol. The van der Waals surface area contributed by atoms with Gasteiger partial charge in [-0.2, -0.15) is 0 Å². The second kappa shape index (κ2) is 7.16. The minimum absolute atomic E-state index is 0.0347. The molecule has 1 aromatic heterocycles. The first kappa shape index (κ1) is 20.7. The molecule has 2 aliphatic rings. The van der Waals surface area contributed by atoms with Crippen molar-refractivity contribution < 1.29 is 13.0 Å². The summed E-state index contributed by atoms with van der Waals surface area (Å²) in [4.78, 5) is 4.44. The van der Waals surface area contributed by atoms with Gasteiger partial charge in [-0.25, -0.2) is 13.6 Å². The molecule has 1 aliphatic heterocycles. The Morgan fingerprint density at radius 2 is 1.91 bits per heavy atom. The molecule has 0 saturated carbocycles. The fraction of sp³-hybridized carbons (Fsp3) is 0.304. The third-order valence-electron chi connectivity index (χ3n) is 6.32. The van der Waals surface area contributed by atoms with Crippen LogP contribution < -0.4 is 5.73 Å². The van der Waals surface area contributed by atoms with Gasteiger partial charge in [0.1, 0.15) is 11.4 Å². The highest BCUT2D eigenvalue weighted by molar-refractivity contribution is 7.98. The number of hydrogen-bond donors (Lipinski definition) is 1. The molecule has 0 amide bonds. The van der Waals surface area contributed by atoms with E-state index in [-0.39, 0.29) is 23.2 Å². The average Bonchev–Trinajstić information content (AvgIpc) is 3.39. The van der Waals surface area contributed by atoms with E-state index in [2.05, 4.69) is 33.2 Å². The van der Waals surface area contributed by atoms with Gasteiger partial charge in [0.2, 0.25) is 17.7 Å². The minimum Gasteiger partial charge on any atom is -0.420 e. The summed E-state index contributed by atoms with van der Waals surface area (Å²) in [6, 6.07) is 12.8. The number of nitrogens with two attached hydrogens (primary N) is 1. The Balaban J connectivity index is 1.48. The number of aromatic nitrogens is 2. The van der Waals surface area contributed by atoms with Gasteiger partial charge >= 0.3 is 0 Å². The Bertz CT molecular complexity index is 1320. The second-order valence-electron chi connectivity index (χ2n) is 8.67. The zero-order valence-corrected chi connectivity index (χ0v) is 18.7. The molecule has 9 heteroatoms. The molecule has 1 unspecified atom stereocenters. The fourth-order valence-electron chi connectivity index (χ4n) is 4.52. The van der Waals surface area contributed by atoms with E-state index >= 15 is 0 Å². The highest BCUT2D eigenvalue weighted by Gasteiger charge is 2.39. The average molecular weight is 454 g/mol. The van der Waals surface area contributed by atoms with Gasteiger partial charge < -0.3 is 10.2 Å². The predicted molar refractivity (Wildman–Crippen MR) is 123 cm³/mol. The van der Waals surface area contributed by atoms with E-state index in [0.29, 0.717) is 17.3 Å². The molecule has 0 radical (unpaired) electrons. The molecule has 0 bridgehead atoms. The first-order valence-corrected chi connectivity index (χ1v) is 12.2. The van der Waals surface area contributed by atoms with Gasteiger partial charge in [0, 0.05) is 24.1 Å². The van der Waals surface area contributed by atoms with Crippen molar-refractivity contribution in [3.8, 4) is 11.5 Å². The van der Waals surface area contributed by atoms with E-state index in [1.807, 2.05) is 12.1 Å². The number of rotatable bonds is 3. The Kier molecular flexibility index (Phi) is 4.63. The first-order chi connectivity index (χ1) is 15.2. The van der Waals surface area contributed by atoms with Crippen molar-refractivity contribution >= 4 is 21.5 Å². The zero-order chi connectivity index (χ0) is 22.7. The third kappa shape index (κ3) is 3.37. The maximum Gasteiger partial charge on any atom is 0.247 e. The van der Waals surface area contributed by atoms with Crippen molar-refractivity contribution in [1.82, 2.24) is 14.5 Å². The van der Waals surface area contributed by atoms with Crippen LogP contribution in [0.15, 0.2) is 51.9 Å². The molecule has 3 aromatic rings. The van der Waals surface area contributed by atoms with Crippen LogP contribution in [-0.4, -0.2) is 43.3 Å². The van der Waals surface area contributed by atoms with Crippen LogP contribution in [0.4, 0.5) is 4.39 Å². The standard InChI is InChI=1S/C23H24FN5O2S/c1-23(13-32(3,30)29(2)22(25)26-23)18-12-16(8-9-19(18)24)20-27-28-21(31-20)17-10-14-6-4-5-7-15(14)11-17/h4-9,12,17H,3,10-11,13H2,1-2H3,(H2,25,26)/t23-,32?/m0/s1. The molecule has 1 aliphatic carbocycles. The molecule has 32 heavy (non-hydrogen) atoms. The van der Waals surface area contributed by atoms with Gasteiger partial charge in [0.05, 0.1) is 15.5 Å². The molecule has 0 saturated heterocycles. The smallest absolute Gasteiger partial charge is 0.247 e. The van der Waals surface area contributed by atoms with E-state index in [9.17, 15) is 8.60 Å². The van der Waals surface area contributed by atoms with Crippen LogP contribution in [0.3, 0.4) is 0 Å². The van der Waals surface area contributed by atoms with E-state index < -0.39 is 21.1 Å². The van der Waals surface area contributed by atoms with E-state index in [1.165, 1.54) is 21.5 Å². The van der Waals surface area contributed by atoms with E-state index in [0.717, 1.165) is 12.8 Å². The van der Waals surface area contributed by atoms with Crippen molar-refractivity contribution in [2.45, 2.75) is 31.2 Å². The lowest BCUT2D eigenvalue weighted by atomic mass is 9.92. The highest BCUT2D eigenvalue weighted by atomic mass is 32.2. The maximum absolute atomic E-state index is 14.9. The summed E-state index contributed by atoms with van der Waals surface area (Å²) < 4.78 is 35.2. The quantitative estimate of drug-likeness (QED) is 0.615. The first-order valence-electron chi connectivity index (χ1n) is 10.3. The summed E-state index contributed by atoms with van der Waals surface area (Å²) in [6.45, 7) is 1.70. The number of fused-ring (bicyclic) bond motifs is 1. The number of benzene rings is 2. The second-order valence-corrected chi connectivity index (χ2v) is 11.1. The lowest BCUT2D eigenvalue weighted by Crippen LogP contribution is -2.50. The van der Waals surface area contributed by atoms with Crippen molar-refractivity contribution in [1.29, 1.82) is 0 Å². The molecule has 166 valence electrons. The third-order valence-corrected chi connectivity index (χ3v) is 8.52. The lowest BCUT2D eigenvalue weighted by Gasteiger charge is -2.37. The Morgan fingerprint density at radius 3 is 2.56 bits per heavy atom. The van der Waals surface area contributed by atoms with Crippen molar-refractivity contribution in [3.05, 3.63) is 70.9 Å². The molecule has 5 rings (SSSR count). The van der Waals surface area contributed by atoms with Gasteiger partial charge in [0.25, 0.3) is 0 Å². The Labute approximate surface area is 186 Å². The van der Waals surface area contributed by atoms with Crippen molar-refractivity contribution in [2.24, 2.45) is 10.7 Å². The van der Waals surface area contributed by atoms with Crippen molar-refractivity contribution in [3.63, 3.8) is 0 Å².